The van der Waals surface area contributed by atoms with Crippen LogP contribution in [0.1, 0.15) is 30.6 Å². The van der Waals surface area contributed by atoms with Gasteiger partial charge in [0.1, 0.15) is 4.90 Å². The molecule has 0 aromatic heterocycles. The molecule has 1 fully saturated rings. The van der Waals surface area contributed by atoms with Gasteiger partial charge in [0.05, 0.1) is 10.6 Å². The number of sulfonamides is 1. The maximum Gasteiger partial charge on any atom is 0.337 e. The summed E-state index contributed by atoms with van der Waals surface area (Å²) in [6, 6.07) is 2.18. The number of carbonyl (C=O) groups is 1. The number of halogens is 2. The van der Waals surface area contributed by atoms with Gasteiger partial charge >= 0.3 is 5.97 Å². The minimum atomic E-state index is -3.88. The van der Waals surface area contributed by atoms with Crippen LogP contribution in [0.4, 0.5) is 0 Å². The molecule has 116 valence electrons. The van der Waals surface area contributed by atoms with E-state index >= 15 is 0 Å². The minimum Gasteiger partial charge on any atom is -0.478 e. The van der Waals surface area contributed by atoms with Gasteiger partial charge < -0.3 is 5.11 Å². The second-order valence-corrected chi connectivity index (χ2v) is 8.01. The van der Waals surface area contributed by atoms with Crippen molar-refractivity contribution in [2.24, 2.45) is 5.92 Å². The standard InChI is InChI=1S/C13H15Cl2NO4S/c1-7-3-8(2)16(6-7)21(19,20)11-5-9(14)4-10(12(11)15)13(17)18/h4-5,7-8H,3,6H2,1-2H3,(H,17,18). The van der Waals surface area contributed by atoms with E-state index in [0.717, 1.165) is 12.5 Å². The SMILES string of the molecule is CC1CC(C)N(S(=O)(=O)c2cc(Cl)cc(C(=O)O)c2Cl)C1. The van der Waals surface area contributed by atoms with Gasteiger partial charge in [-0.15, -0.1) is 0 Å². The first kappa shape index (κ1) is 16.5. The summed E-state index contributed by atoms with van der Waals surface area (Å²) in [5.74, 6) is -1.08. The molecule has 1 N–H and O–H groups in total. The largest absolute Gasteiger partial charge is 0.478 e. The van der Waals surface area contributed by atoms with Crippen LogP contribution in [0.15, 0.2) is 17.0 Å². The molecule has 0 saturated carbocycles. The highest BCUT2D eigenvalue weighted by molar-refractivity contribution is 7.89. The molecular weight excluding hydrogens is 337 g/mol. The van der Waals surface area contributed by atoms with E-state index in [1.165, 1.54) is 10.4 Å². The van der Waals surface area contributed by atoms with Crippen LogP contribution in [0.5, 0.6) is 0 Å². The summed E-state index contributed by atoms with van der Waals surface area (Å²) in [6.45, 7) is 4.17. The average Bonchev–Trinajstić information content (AvgIpc) is 2.71. The van der Waals surface area contributed by atoms with E-state index < -0.39 is 16.0 Å². The normalized spacial score (nSPS) is 23.4. The van der Waals surface area contributed by atoms with Crippen molar-refractivity contribution in [1.82, 2.24) is 4.31 Å². The lowest BCUT2D eigenvalue weighted by atomic mass is 10.1. The Hall–Kier alpha value is -0.820. The van der Waals surface area contributed by atoms with Crippen molar-refractivity contribution < 1.29 is 18.3 Å². The van der Waals surface area contributed by atoms with Crippen molar-refractivity contribution in [3.05, 3.63) is 27.7 Å². The quantitative estimate of drug-likeness (QED) is 0.907. The summed E-state index contributed by atoms with van der Waals surface area (Å²) in [7, 11) is -3.88. The maximum absolute atomic E-state index is 12.7. The van der Waals surface area contributed by atoms with E-state index in [1.54, 1.807) is 0 Å². The third kappa shape index (κ3) is 3.04. The van der Waals surface area contributed by atoms with Crippen molar-refractivity contribution in [1.29, 1.82) is 0 Å². The minimum absolute atomic E-state index is 0.0234. The molecule has 0 bridgehead atoms. The topological polar surface area (TPSA) is 74.7 Å². The second-order valence-electron chi connectivity index (χ2n) is 5.34. The fraction of sp³-hybridized carbons (Fsp3) is 0.462. The Morgan fingerprint density at radius 2 is 1.95 bits per heavy atom. The highest BCUT2D eigenvalue weighted by Gasteiger charge is 2.38. The van der Waals surface area contributed by atoms with Crippen molar-refractivity contribution in [2.45, 2.75) is 31.2 Å². The van der Waals surface area contributed by atoms with Gasteiger partial charge in [-0.2, -0.15) is 4.31 Å². The van der Waals surface area contributed by atoms with E-state index in [4.69, 9.17) is 28.3 Å². The van der Waals surface area contributed by atoms with Gasteiger partial charge in [-0.25, -0.2) is 13.2 Å². The fourth-order valence-electron chi connectivity index (χ4n) is 2.63. The third-order valence-corrected chi connectivity index (χ3v) is 6.29. The average molecular weight is 352 g/mol. The Bertz CT molecular complexity index is 690. The zero-order valence-electron chi connectivity index (χ0n) is 11.5. The van der Waals surface area contributed by atoms with Crippen LogP contribution < -0.4 is 0 Å². The Labute approximate surface area is 133 Å². The lowest BCUT2D eigenvalue weighted by Crippen LogP contribution is -2.34. The number of carboxylic acid groups (broad SMARTS) is 1. The molecule has 0 amide bonds. The molecule has 1 aliphatic heterocycles. The molecule has 1 aromatic rings. The molecule has 2 rings (SSSR count). The third-order valence-electron chi connectivity index (χ3n) is 3.55. The molecule has 2 atom stereocenters. The predicted octanol–water partition coefficient (Wildman–Crippen LogP) is 3.11. The van der Waals surface area contributed by atoms with Crippen LogP contribution in [0, 0.1) is 5.92 Å². The van der Waals surface area contributed by atoms with Gasteiger partial charge in [-0.1, -0.05) is 30.1 Å². The highest BCUT2D eigenvalue weighted by Crippen LogP contribution is 2.35. The van der Waals surface area contributed by atoms with Gasteiger partial charge in [0.25, 0.3) is 0 Å². The highest BCUT2D eigenvalue weighted by atomic mass is 35.5. The first-order valence-electron chi connectivity index (χ1n) is 6.38. The molecule has 2 unspecified atom stereocenters. The first-order chi connectivity index (χ1) is 9.64. The maximum atomic E-state index is 12.7. The molecule has 0 radical (unpaired) electrons. The zero-order chi connectivity index (χ0) is 15.9. The second kappa shape index (κ2) is 5.76. The summed E-state index contributed by atoms with van der Waals surface area (Å²) in [5, 5.41) is 8.80. The molecule has 0 aliphatic carbocycles. The molecular formula is C13H15Cl2NO4S. The summed E-state index contributed by atoms with van der Waals surface area (Å²) >= 11 is 11.8. The molecule has 21 heavy (non-hydrogen) atoms. The molecule has 0 spiro atoms. The number of carboxylic acids is 1. The zero-order valence-corrected chi connectivity index (χ0v) is 13.8. The monoisotopic (exact) mass is 351 g/mol. The summed E-state index contributed by atoms with van der Waals surface area (Å²) in [6.07, 6.45) is 0.753. The van der Waals surface area contributed by atoms with E-state index in [-0.39, 0.29) is 32.5 Å². The number of nitrogens with zero attached hydrogens (tertiary/aromatic N) is 1. The Balaban J connectivity index is 2.58. The van der Waals surface area contributed by atoms with Crippen LogP contribution >= 0.6 is 23.2 Å². The van der Waals surface area contributed by atoms with Gasteiger partial charge in [-0.3, -0.25) is 0 Å². The molecule has 1 heterocycles. The van der Waals surface area contributed by atoms with Gasteiger partial charge in [0.2, 0.25) is 10.0 Å². The molecule has 5 nitrogen and oxygen atoms in total. The lowest BCUT2D eigenvalue weighted by Gasteiger charge is -2.22. The number of hydrogen-bond donors (Lipinski definition) is 1. The van der Waals surface area contributed by atoms with Crippen LogP contribution in [0.3, 0.4) is 0 Å². The van der Waals surface area contributed by atoms with Crippen molar-refractivity contribution >= 4 is 39.2 Å². The van der Waals surface area contributed by atoms with E-state index in [0.29, 0.717) is 6.54 Å². The summed E-state index contributed by atoms with van der Waals surface area (Å²) in [4.78, 5) is 10.9. The van der Waals surface area contributed by atoms with Gasteiger partial charge in [0, 0.05) is 17.6 Å². The van der Waals surface area contributed by atoms with Crippen LogP contribution in [-0.4, -0.2) is 36.4 Å². The number of benzene rings is 1. The van der Waals surface area contributed by atoms with Crippen LogP contribution in [-0.2, 0) is 10.0 Å². The molecule has 8 heteroatoms. The predicted molar refractivity (Wildman–Crippen MR) is 80.6 cm³/mol. The first-order valence-corrected chi connectivity index (χ1v) is 8.58. The molecule has 1 aliphatic rings. The number of hydrogen-bond acceptors (Lipinski definition) is 3. The van der Waals surface area contributed by atoms with E-state index in [9.17, 15) is 13.2 Å². The number of rotatable bonds is 3. The van der Waals surface area contributed by atoms with Gasteiger partial charge in [0.15, 0.2) is 0 Å². The van der Waals surface area contributed by atoms with Gasteiger partial charge in [-0.05, 0) is 31.4 Å². The number of aromatic carboxylic acids is 1. The Morgan fingerprint density at radius 1 is 1.33 bits per heavy atom. The Morgan fingerprint density at radius 3 is 2.43 bits per heavy atom. The fourth-order valence-corrected chi connectivity index (χ4v) is 5.27. The van der Waals surface area contributed by atoms with E-state index in [2.05, 4.69) is 0 Å². The smallest absolute Gasteiger partial charge is 0.337 e. The van der Waals surface area contributed by atoms with Crippen LogP contribution in [0.25, 0.3) is 0 Å². The van der Waals surface area contributed by atoms with Crippen molar-refractivity contribution in [3.63, 3.8) is 0 Å². The lowest BCUT2D eigenvalue weighted by molar-refractivity contribution is 0.0697. The van der Waals surface area contributed by atoms with E-state index in [1.807, 2.05) is 13.8 Å². The van der Waals surface area contributed by atoms with Crippen molar-refractivity contribution in [2.75, 3.05) is 6.54 Å². The van der Waals surface area contributed by atoms with Crippen LogP contribution in [0.2, 0.25) is 10.0 Å². The summed E-state index contributed by atoms with van der Waals surface area (Å²) in [5.41, 5.74) is -0.317. The summed E-state index contributed by atoms with van der Waals surface area (Å²) < 4.78 is 26.8. The molecule has 1 aromatic carbocycles. The molecule has 1 saturated heterocycles. The van der Waals surface area contributed by atoms with Crippen molar-refractivity contribution in [3.8, 4) is 0 Å². The Kier molecular flexibility index (Phi) is 4.54.